The number of urea groups is 1. The molecular formula is C11H11BrClN3O4. The van der Waals surface area contributed by atoms with Crippen LogP contribution in [0.3, 0.4) is 0 Å². The third-order valence-corrected chi connectivity index (χ3v) is 3.34. The van der Waals surface area contributed by atoms with Crippen LogP contribution in [0.1, 0.15) is 0 Å². The maximum absolute atomic E-state index is 11.9. The summed E-state index contributed by atoms with van der Waals surface area (Å²) in [7, 11) is 0. The zero-order chi connectivity index (χ0) is 15.3. The normalized spacial score (nSPS) is 9.90. The SMILES string of the molecule is NC(=O)CN(CC(=O)O)C(=O)Nc1ccc(Cl)c(Br)c1. The molecule has 108 valence electrons. The molecule has 3 amide bonds. The molecule has 1 rings (SSSR count). The molecule has 0 spiro atoms. The Morgan fingerprint density at radius 3 is 2.50 bits per heavy atom. The number of anilines is 1. The number of carbonyl (C=O) groups excluding carboxylic acids is 2. The largest absolute Gasteiger partial charge is 0.480 e. The molecule has 1 aromatic carbocycles. The summed E-state index contributed by atoms with van der Waals surface area (Å²) in [5.41, 5.74) is 5.36. The molecule has 0 saturated heterocycles. The van der Waals surface area contributed by atoms with Crippen molar-refractivity contribution in [2.24, 2.45) is 5.73 Å². The van der Waals surface area contributed by atoms with Crippen molar-refractivity contribution in [3.05, 3.63) is 27.7 Å². The number of nitrogens with two attached hydrogens (primary N) is 1. The van der Waals surface area contributed by atoms with Crippen molar-refractivity contribution in [1.29, 1.82) is 0 Å². The molecule has 1 aromatic rings. The van der Waals surface area contributed by atoms with E-state index in [1.54, 1.807) is 12.1 Å². The Labute approximate surface area is 127 Å². The summed E-state index contributed by atoms with van der Waals surface area (Å²) in [5, 5.41) is 11.6. The number of primary amides is 1. The van der Waals surface area contributed by atoms with Crippen LogP contribution >= 0.6 is 27.5 Å². The van der Waals surface area contributed by atoms with Gasteiger partial charge in [-0.2, -0.15) is 0 Å². The van der Waals surface area contributed by atoms with Crippen LogP contribution in [0.5, 0.6) is 0 Å². The first kappa shape index (κ1) is 16.3. The summed E-state index contributed by atoms with van der Waals surface area (Å²) in [4.78, 5) is 34.1. The molecule has 0 aliphatic carbocycles. The quantitative estimate of drug-likeness (QED) is 0.735. The van der Waals surface area contributed by atoms with Gasteiger partial charge in [0.25, 0.3) is 0 Å². The van der Waals surface area contributed by atoms with E-state index in [1.165, 1.54) is 6.07 Å². The van der Waals surface area contributed by atoms with Gasteiger partial charge in [-0.15, -0.1) is 0 Å². The minimum absolute atomic E-state index is 0.395. The van der Waals surface area contributed by atoms with Gasteiger partial charge in [-0.1, -0.05) is 11.6 Å². The number of hydrogen-bond donors (Lipinski definition) is 3. The number of nitrogens with zero attached hydrogens (tertiary/aromatic N) is 1. The van der Waals surface area contributed by atoms with Gasteiger partial charge in [0.15, 0.2) is 0 Å². The molecule has 0 aliphatic rings. The number of rotatable bonds is 5. The highest BCUT2D eigenvalue weighted by Gasteiger charge is 2.19. The summed E-state index contributed by atoms with van der Waals surface area (Å²) in [6, 6.07) is 3.88. The van der Waals surface area contributed by atoms with Gasteiger partial charge in [-0.3, -0.25) is 9.59 Å². The summed E-state index contributed by atoms with van der Waals surface area (Å²) < 4.78 is 0.566. The van der Waals surface area contributed by atoms with Crippen molar-refractivity contribution in [1.82, 2.24) is 4.90 Å². The lowest BCUT2D eigenvalue weighted by molar-refractivity contribution is -0.137. The summed E-state index contributed by atoms with van der Waals surface area (Å²) in [6.45, 7) is -1.13. The molecular weight excluding hydrogens is 353 g/mol. The Balaban J connectivity index is 2.81. The second kappa shape index (κ2) is 7.11. The van der Waals surface area contributed by atoms with Crippen molar-refractivity contribution < 1.29 is 19.5 Å². The smallest absolute Gasteiger partial charge is 0.323 e. The molecule has 0 aliphatic heterocycles. The number of benzene rings is 1. The maximum atomic E-state index is 11.9. The van der Waals surface area contributed by atoms with Crippen LogP contribution in [-0.2, 0) is 9.59 Å². The Morgan fingerprint density at radius 1 is 1.35 bits per heavy atom. The first-order valence-corrected chi connectivity index (χ1v) is 6.47. The fourth-order valence-electron chi connectivity index (χ4n) is 1.33. The van der Waals surface area contributed by atoms with Crippen LogP contribution in [0, 0.1) is 0 Å². The molecule has 4 N–H and O–H groups in total. The maximum Gasteiger partial charge on any atom is 0.323 e. The number of carboxylic acid groups (broad SMARTS) is 1. The predicted octanol–water partition coefficient (Wildman–Crippen LogP) is 1.51. The second-order valence-corrected chi connectivity index (χ2v) is 5.04. The van der Waals surface area contributed by atoms with Crippen molar-refractivity contribution in [3.63, 3.8) is 0 Å². The average Bonchev–Trinajstić information content (AvgIpc) is 2.32. The van der Waals surface area contributed by atoms with Crippen molar-refractivity contribution in [2.75, 3.05) is 18.4 Å². The van der Waals surface area contributed by atoms with Crippen LogP contribution in [-0.4, -0.2) is 41.0 Å². The van der Waals surface area contributed by atoms with E-state index in [0.717, 1.165) is 4.90 Å². The van der Waals surface area contributed by atoms with Gasteiger partial charge < -0.3 is 21.1 Å². The molecule has 0 bridgehead atoms. The first-order valence-electron chi connectivity index (χ1n) is 5.30. The summed E-state index contributed by atoms with van der Waals surface area (Å²) in [6.07, 6.45) is 0. The van der Waals surface area contributed by atoms with Crippen LogP contribution in [0.2, 0.25) is 5.02 Å². The minimum atomic E-state index is -1.25. The Kier molecular flexibility index (Phi) is 5.78. The van der Waals surface area contributed by atoms with E-state index < -0.39 is 31.0 Å². The highest BCUT2D eigenvalue weighted by Crippen LogP contribution is 2.25. The van der Waals surface area contributed by atoms with E-state index in [2.05, 4.69) is 21.2 Å². The number of aliphatic carboxylic acids is 1. The molecule has 0 saturated carbocycles. The number of carbonyl (C=O) groups is 3. The second-order valence-electron chi connectivity index (χ2n) is 3.78. The Morgan fingerprint density at radius 2 is 2.00 bits per heavy atom. The van der Waals surface area contributed by atoms with Gasteiger partial charge >= 0.3 is 12.0 Å². The van der Waals surface area contributed by atoms with Gasteiger partial charge in [0, 0.05) is 10.2 Å². The lowest BCUT2D eigenvalue weighted by Gasteiger charge is -2.19. The van der Waals surface area contributed by atoms with Crippen LogP contribution < -0.4 is 11.1 Å². The number of halogens is 2. The van der Waals surface area contributed by atoms with E-state index in [4.69, 9.17) is 22.4 Å². The highest BCUT2D eigenvalue weighted by molar-refractivity contribution is 9.10. The van der Waals surface area contributed by atoms with Gasteiger partial charge in [-0.05, 0) is 34.1 Å². The van der Waals surface area contributed by atoms with Crippen molar-refractivity contribution >= 4 is 51.1 Å². The predicted molar refractivity (Wildman–Crippen MR) is 76.6 cm³/mol. The number of carboxylic acids is 1. The standard InChI is InChI=1S/C11H11BrClN3O4/c12-7-3-6(1-2-8(7)13)15-11(20)16(4-9(14)17)5-10(18)19/h1-3H,4-5H2,(H2,14,17)(H,15,20)(H,18,19). The van der Waals surface area contributed by atoms with Crippen LogP contribution in [0.15, 0.2) is 22.7 Å². The zero-order valence-corrected chi connectivity index (χ0v) is 12.4. The molecule has 0 unspecified atom stereocenters. The minimum Gasteiger partial charge on any atom is -0.480 e. The molecule has 0 aromatic heterocycles. The molecule has 0 atom stereocenters. The molecule has 0 heterocycles. The summed E-state index contributed by atoms with van der Waals surface area (Å²) >= 11 is 9.00. The Bertz CT molecular complexity index is 536. The fraction of sp³-hybridized carbons (Fsp3) is 0.182. The first-order chi connectivity index (χ1) is 9.29. The van der Waals surface area contributed by atoms with Gasteiger partial charge in [-0.25, -0.2) is 4.79 Å². The van der Waals surface area contributed by atoms with Gasteiger partial charge in [0.2, 0.25) is 5.91 Å². The van der Waals surface area contributed by atoms with Crippen molar-refractivity contribution in [3.8, 4) is 0 Å². The number of nitrogens with one attached hydrogen (secondary N) is 1. The Hall–Kier alpha value is -1.80. The molecule has 0 radical (unpaired) electrons. The van der Waals surface area contributed by atoms with E-state index in [9.17, 15) is 14.4 Å². The molecule has 9 heteroatoms. The topological polar surface area (TPSA) is 113 Å². The van der Waals surface area contributed by atoms with Gasteiger partial charge in [0.05, 0.1) is 5.02 Å². The molecule has 20 heavy (non-hydrogen) atoms. The molecule has 0 fully saturated rings. The zero-order valence-electron chi connectivity index (χ0n) is 10.1. The third-order valence-electron chi connectivity index (χ3n) is 2.13. The van der Waals surface area contributed by atoms with E-state index in [0.29, 0.717) is 15.2 Å². The monoisotopic (exact) mass is 363 g/mol. The summed E-state index contributed by atoms with van der Waals surface area (Å²) in [5.74, 6) is -2.06. The number of hydrogen-bond acceptors (Lipinski definition) is 3. The highest BCUT2D eigenvalue weighted by atomic mass is 79.9. The lowest BCUT2D eigenvalue weighted by Crippen LogP contribution is -2.43. The van der Waals surface area contributed by atoms with Crippen molar-refractivity contribution in [2.45, 2.75) is 0 Å². The van der Waals surface area contributed by atoms with E-state index in [1.807, 2.05) is 0 Å². The van der Waals surface area contributed by atoms with Crippen LogP contribution in [0.4, 0.5) is 10.5 Å². The lowest BCUT2D eigenvalue weighted by atomic mass is 10.3. The third kappa shape index (κ3) is 5.06. The van der Waals surface area contributed by atoms with E-state index in [-0.39, 0.29) is 0 Å². The van der Waals surface area contributed by atoms with Gasteiger partial charge in [0.1, 0.15) is 13.1 Å². The fourth-order valence-corrected chi connectivity index (χ4v) is 1.82. The van der Waals surface area contributed by atoms with E-state index >= 15 is 0 Å². The number of amides is 3. The van der Waals surface area contributed by atoms with Crippen LogP contribution in [0.25, 0.3) is 0 Å². The molecule has 7 nitrogen and oxygen atoms in total. The average molecular weight is 365 g/mol.